The first-order valence-corrected chi connectivity index (χ1v) is 4.55. The number of aromatic nitrogens is 2. The second kappa shape index (κ2) is 4.14. The van der Waals surface area contributed by atoms with Crippen molar-refractivity contribution in [3.63, 3.8) is 0 Å². The highest BCUT2D eigenvalue weighted by molar-refractivity contribution is 5.41. The van der Waals surface area contributed by atoms with Crippen LogP contribution in [0.3, 0.4) is 0 Å². The van der Waals surface area contributed by atoms with Gasteiger partial charge >= 0.3 is 0 Å². The van der Waals surface area contributed by atoms with Gasteiger partial charge in [0.1, 0.15) is 5.82 Å². The number of nitrogen functional groups attached to an aromatic ring is 1. The zero-order valence-corrected chi connectivity index (χ0v) is 7.85. The fourth-order valence-corrected chi connectivity index (χ4v) is 1.34. The average Bonchev–Trinajstić information content (AvgIpc) is 2.35. The minimum Gasteiger partial charge on any atom is -0.384 e. The van der Waals surface area contributed by atoms with Crippen LogP contribution in [0.2, 0.25) is 0 Å². The maximum absolute atomic E-state index is 5.71. The second-order valence-corrected chi connectivity index (χ2v) is 3.16. The Morgan fingerprint density at radius 3 is 2.67 bits per heavy atom. The van der Waals surface area contributed by atoms with Crippen LogP contribution in [0.5, 0.6) is 0 Å². The van der Waals surface area contributed by atoms with Crippen molar-refractivity contribution < 1.29 is 0 Å². The van der Waals surface area contributed by atoms with E-state index >= 15 is 0 Å². The number of hydrogen-bond donors (Lipinski definition) is 2. The number of hydrogen-bond acceptors (Lipinski definition) is 2. The van der Waals surface area contributed by atoms with Crippen molar-refractivity contribution in [1.29, 1.82) is 0 Å². The molecule has 0 atom stereocenters. The number of aryl methyl sites for hydroxylation is 1. The molecule has 12 heavy (non-hydrogen) atoms. The highest BCUT2D eigenvalue weighted by Crippen LogP contribution is 2.15. The minimum atomic E-state index is 0.739. The lowest BCUT2D eigenvalue weighted by molar-refractivity contribution is 0.716. The highest BCUT2D eigenvalue weighted by Gasteiger charge is 2.05. The Morgan fingerprint density at radius 1 is 1.42 bits per heavy atom. The van der Waals surface area contributed by atoms with E-state index in [1.165, 1.54) is 24.8 Å². The number of anilines is 1. The Balaban J connectivity index is 2.50. The maximum Gasteiger partial charge on any atom is 0.122 e. The molecule has 3 N–H and O–H groups in total. The molecule has 0 spiro atoms. The van der Waals surface area contributed by atoms with E-state index in [2.05, 4.69) is 17.1 Å². The third-order valence-corrected chi connectivity index (χ3v) is 2.14. The van der Waals surface area contributed by atoms with Crippen molar-refractivity contribution in [1.82, 2.24) is 10.2 Å². The summed E-state index contributed by atoms with van der Waals surface area (Å²) in [4.78, 5) is 0. The number of H-pyrrole nitrogens is 1. The number of rotatable bonds is 4. The molecule has 0 saturated carbocycles. The summed E-state index contributed by atoms with van der Waals surface area (Å²) in [5.74, 6) is 0.739. The van der Waals surface area contributed by atoms with Gasteiger partial charge in [0.05, 0.1) is 5.69 Å². The Morgan fingerprint density at radius 2 is 2.17 bits per heavy atom. The van der Waals surface area contributed by atoms with Gasteiger partial charge in [-0.25, -0.2) is 0 Å². The lowest BCUT2D eigenvalue weighted by atomic mass is 10.1. The topological polar surface area (TPSA) is 54.7 Å². The van der Waals surface area contributed by atoms with Gasteiger partial charge in [-0.2, -0.15) is 5.10 Å². The normalized spacial score (nSPS) is 10.5. The van der Waals surface area contributed by atoms with Crippen LogP contribution in [-0.4, -0.2) is 10.2 Å². The molecule has 1 aromatic rings. The summed E-state index contributed by atoms with van der Waals surface area (Å²) in [6, 6.07) is 0. The van der Waals surface area contributed by atoms with E-state index in [1.807, 2.05) is 6.92 Å². The van der Waals surface area contributed by atoms with Crippen LogP contribution in [0, 0.1) is 6.92 Å². The van der Waals surface area contributed by atoms with Crippen molar-refractivity contribution >= 4 is 5.82 Å². The van der Waals surface area contributed by atoms with E-state index in [0.29, 0.717) is 0 Å². The number of nitrogens with one attached hydrogen (secondary N) is 1. The van der Waals surface area contributed by atoms with Crippen LogP contribution in [0.25, 0.3) is 0 Å². The molecule has 0 aromatic carbocycles. The summed E-state index contributed by atoms with van der Waals surface area (Å²) in [5, 5.41) is 6.84. The van der Waals surface area contributed by atoms with Gasteiger partial charge in [-0.15, -0.1) is 0 Å². The fourth-order valence-electron chi connectivity index (χ4n) is 1.34. The van der Waals surface area contributed by atoms with Crippen LogP contribution in [0.15, 0.2) is 0 Å². The zero-order valence-electron chi connectivity index (χ0n) is 7.85. The van der Waals surface area contributed by atoms with Gasteiger partial charge in [-0.3, -0.25) is 5.10 Å². The summed E-state index contributed by atoms with van der Waals surface area (Å²) >= 11 is 0. The van der Waals surface area contributed by atoms with Crippen LogP contribution in [0.1, 0.15) is 37.4 Å². The molecular formula is C9H17N3. The predicted molar refractivity (Wildman–Crippen MR) is 51.0 cm³/mol. The molecule has 0 bridgehead atoms. The molecule has 1 aromatic heterocycles. The SMILES string of the molecule is CCCCCc1c(C)n[nH]c1N. The van der Waals surface area contributed by atoms with Crippen LogP contribution in [-0.2, 0) is 6.42 Å². The monoisotopic (exact) mass is 167 g/mol. The van der Waals surface area contributed by atoms with Gasteiger partial charge < -0.3 is 5.73 Å². The molecule has 0 unspecified atom stereocenters. The van der Waals surface area contributed by atoms with Crippen molar-refractivity contribution in [2.24, 2.45) is 0 Å². The smallest absolute Gasteiger partial charge is 0.122 e. The molecule has 1 rings (SSSR count). The number of aromatic amines is 1. The number of nitrogens with zero attached hydrogens (tertiary/aromatic N) is 1. The Labute approximate surface area is 73.4 Å². The molecule has 3 nitrogen and oxygen atoms in total. The van der Waals surface area contributed by atoms with Crippen LogP contribution in [0.4, 0.5) is 5.82 Å². The maximum atomic E-state index is 5.71. The molecule has 0 fully saturated rings. The largest absolute Gasteiger partial charge is 0.384 e. The first-order valence-electron chi connectivity index (χ1n) is 4.55. The summed E-state index contributed by atoms with van der Waals surface area (Å²) in [5.41, 5.74) is 7.95. The standard InChI is InChI=1S/C9H17N3/c1-3-4-5-6-8-7(2)11-12-9(8)10/h3-6H2,1-2H3,(H3,10,11,12). The minimum absolute atomic E-state index is 0.739. The van der Waals surface area contributed by atoms with E-state index in [0.717, 1.165) is 17.9 Å². The molecular weight excluding hydrogens is 150 g/mol. The number of nitrogens with two attached hydrogens (primary N) is 1. The zero-order chi connectivity index (χ0) is 8.97. The first kappa shape index (κ1) is 9.10. The molecule has 0 aliphatic heterocycles. The third-order valence-electron chi connectivity index (χ3n) is 2.14. The summed E-state index contributed by atoms with van der Waals surface area (Å²) in [7, 11) is 0. The highest BCUT2D eigenvalue weighted by atomic mass is 15.2. The van der Waals surface area contributed by atoms with Crippen LogP contribution < -0.4 is 5.73 Å². The van der Waals surface area contributed by atoms with Gasteiger partial charge in [0.15, 0.2) is 0 Å². The fraction of sp³-hybridized carbons (Fsp3) is 0.667. The van der Waals surface area contributed by atoms with Crippen LogP contribution >= 0.6 is 0 Å². The quantitative estimate of drug-likeness (QED) is 0.674. The Kier molecular flexibility index (Phi) is 3.14. The van der Waals surface area contributed by atoms with Gasteiger partial charge in [0.25, 0.3) is 0 Å². The molecule has 1 heterocycles. The van der Waals surface area contributed by atoms with E-state index < -0.39 is 0 Å². The number of unbranched alkanes of at least 4 members (excludes halogenated alkanes) is 2. The van der Waals surface area contributed by atoms with Gasteiger partial charge in [-0.1, -0.05) is 19.8 Å². The summed E-state index contributed by atoms with van der Waals surface area (Å²) in [6.07, 6.45) is 4.78. The molecule has 0 radical (unpaired) electrons. The molecule has 0 amide bonds. The van der Waals surface area contributed by atoms with Gasteiger partial charge in [-0.05, 0) is 19.8 Å². The first-order chi connectivity index (χ1) is 5.75. The summed E-state index contributed by atoms with van der Waals surface area (Å²) in [6.45, 7) is 4.19. The lowest BCUT2D eigenvalue weighted by Crippen LogP contribution is -1.93. The van der Waals surface area contributed by atoms with Crippen molar-refractivity contribution in [2.45, 2.75) is 39.5 Å². The van der Waals surface area contributed by atoms with E-state index in [4.69, 9.17) is 5.73 Å². The third kappa shape index (κ3) is 2.00. The summed E-state index contributed by atoms with van der Waals surface area (Å²) < 4.78 is 0. The van der Waals surface area contributed by atoms with E-state index in [-0.39, 0.29) is 0 Å². The lowest BCUT2D eigenvalue weighted by Gasteiger charge is -1.98. The van der Waals surface area contributed by atoms with Gasteiger partial charge in [0, 0.05) is 5.56 Å². The van der Waals surface area contributed by atoms with E-state index in [9.17, 15) is 0 Å². The van der Waals surface area contributed by atoms with Crippen molar-refractivity contribution in [3.8, 4) is 0 Å². The molecule has 0 aliphatic rings. The molecule has 0 aliphatic carbocycles. The molecule has 3 heteroatoms. The Hall–Kier alpha value is -0.990. The molecule has 0 saturated heterocycles. The van der Waals surface area contributed by atoms with E-state index in [1.54, 1.807) is 0 Å². The van der Waals surface area contributed by atoms with Crippen molar-refractivity contribution in [3.05, 3.63) is 11.3 Å². The average molecular weight is 167 g/mol. The van der Waals surface area contributed by atoms with Crippen molar-refractivity contribution in [2.75, 3.05) is 5.73 Å². The Bertz CT molecular complexity index is 220. The van der Waals surface area contributed by atoms with Gasteiger partial charge in [0.2, 0.25) is 0 Å². The predicted octanol–water partition coefficient (Wildman–Crippen LogP) is 2.03. The molecule has 68 valence electrons. The second-order valence-electron chi connectivity index (χ2n) is 3.16.